The Morgan fingerprint density at radius 2 is 1.13 bits per heavy atom. The van der Waals surface area contributed by atoms with Crippen molar-refractivity contribution in [2.75, 3.05) is 19.7 Å². The van der Waals surface area contributed by atoms with Crippen LogP contribution < -0.4 is 54.4 Å². The maximum atomic E-state index is 13.6. The van der Waals surface area contributed by atoms with E-state index < -0.39 is 158 Å². The summed E-state index contributed by atoms with van der Waals surface area (Å²) in [6, 6.07) is -13.2. The van der Waals surface area contributed by atoms with Gasteiger partial charge in [-0.3, -0.25) is 52.9 Å². The van der Waals surface area contributed by atoms with Crippen LogP contribution in [0.3, 0.4) is 0 Å². The molecule has 28 nitrogen and oxygen atoms in total. The van der Waals surface area contributed by atoms with Crippen molar-refractivity contribution in [2.24, 2.45) is 28.1 Å². The zero-order chi connectivity index (χ0) is 52.0. The van der Waals surface area contributed by atoms with E-state index in [4.69, 9.17) is 17.2 Å². The van der Waals surface area contributed by atoms with Crippen LogP contribution in [0.1, 0.15) is 92.4 Å². The summed E-state index contributed by atoms with van der Waals surface area (Å²) in [6.45, 7) is 6.29. The summed E-state index contributed by atoms with van der Waals surface area (Å²) in [6.07, 6.45) is -2.88. The molecule has 0 aromatic carbocycles. The Balaban J connectivity index is 3.11. The van der Waals surface area contributed by atoms with Crippen LogP contribution in [0, 0.1) is 5.92 Å². The number of aliphatic imine (C=N–C) groups is 1. The molecule has 0 saturated carbocycles. The van der Waals surface area contributed by atoms with Crippen molar-refractivity contribution in [3.05, 3.63) is 0 Å². The van der Waals surface area contributed by atoms with Crippen molar-refractivity contribution in [1.82, 2.24) is 42.1 Å². The van der Waals surface area contributed by atoms with Gasteiger partial charge >= 0.3 is 17.9 Å². The van der Waals surface area contributed by atoms with Crippen LogP contribution in [0.15, 0.2) is 4.99 Å². The van der Waals surface area contributed by atoms with E-state index >= 15 is 0 Å². The minimum absolute atomic E-state index is 0.0149. The molecule has 1 saturated heterocycles. The summed E-state index contributed by atoms with van der Waals surface area (Å²) in [5, 5.41) is 64.0. The highest BCUT2D eigenvalue weighted by Gasteiger charge is 2.38. The fraction of sp³-hybridized carbons (Fsp3) is 0.700. The van der Waals surface area contributed by atoms with Gasteiger partial charge in [-0.05, 0) is 71.6 Å². The van der Waals surface area contributed by atoms with E-state index in [1.807, 2.05) is 0 Å². The van der Waals surface area contributed by atoms with Gasteiger partial charge in [-0.25, -0.2) is 4.79 Å². The zero-order valence-electron chi connectivity index (χ0n) is 38.7. The first-order chi connectivity index (χ1) is 31.7. The molecule has 0 aliphatic carbocycles. The van der Waals surface area contributed by atoms with E-state index in [9.17, 15) is 78.3 Å². The van der Waals surface area contributed by atoms with Crippen molar-refractivity contribution < 1.29 is 78.3 Å². The Bertz CT molecular complexity index is 1840. The summed E-state index contributed by atoms with van der Waals surface area (Å²) in [4.78, 5) is 146. The second kappa shape index (κ2) is 29.2. The number of carbonyl (C=O) groups excluding carboxylic acids is 8. The monoisotopic (exact) mass is 972 g/mol. The van der Waals surface area contributed by atoms with Gasteiger partial charge in [-0.15, -0.1) is 0 Å². The molecule has 0 radical (unpaired) electrons. The molecule has 68 heavy (non-hydrogen) atoms. The van der Waals surface area contributed by atoms with Crippen LogP contribution in [0.4, 0.5) is 0 Å². The fourth-order valence-corrected chi connectivity index (χ4v) is 6.66. The van der Waals surface area contributed by atoms with Gasteiger partial charge in [0.2, 0.25) is 47.3 Å². The van der Waals surface area contributed by atoms with E-state index in [1.54, 1.807) is 13.8 Å². The molecule has 1 rings (SSSR count). The lowest BCUT2D eigenvalue weighted by atomic mass is 10.0. The molecular weight excluding hydrogens is 905 g/mol. The SMILES string of the molecule is CC(C)C[C@H](NC(=O)[C@H](CO)NC(=O)[C@@H](NC(=O)[C@H](C)NC(=O)[C@H](CCC(=O)O)NC(=O)[C@H](CCC(=O)O)NC(=O)[C@H](C)NC(=O)[C@@H]1CCCN1C(=O)[C@@H](N)CCCN=C(N)N)[C@@H](C)O)C(=O)O. The summed E-state index contributed by atoms with van der Waals surface area (Å²) in [7, 11) is 0. The molecule has 0 aromatic heterocycles. The molecule has 0 unspecified atom stereocenters. The van der Waals surface area contributed by atoms with Crippen LogP contribution in [-0.2, 0) is 52.7 Å². The van der Waals surface area contributed by atoms with Gasteiger partial charge in [0.15, 0.2) is 5.96 Å². The highest BCUT2D eigenvalue weighted by Crippen LogP contribution is 2.19. The summed E-state index contributed by atoms with van der Waals surface area (Å²) in [5.41, 5.74) is 16.7. The highest BCUT2D eigenvalue weighted by atomic mass is 16.4. The summed E-state index contributed by atoms with van der Waals surface area (Å²) >= 11 is 0. The molecular formula is C40H68N12O16. The molecule has 1 fully saturated rings. The number of nitrogens with two attached hydrogens (primary N) is 3. The minimum atomic E-state index is -1.82. The van der Waals surface area contributed by atoms with E-state index in [0.29, 0.717) is 12.8 Å². The number of hydrogen-bond donors (Lipinski definition) is 15. The van der Waals surface area contributed by atoms with E-state index in [-0.39, 0.29) is 44.2 Å². The summed E-state index contributed by atoms with van der Waals surface area (Å²) in [5.74, 6) is -12.4. The Morgan fingerprint density at radius 1 is 0.647 bits per heavy atom. The number of carboxylic acid groups (broad SMARTS) is 3. The number of aliphatic hydroxyl groups is 2. The van der Waals surface area contributed by atoms with Crippen LogP contribution >= 0.6 is 0 Å². The highest BCUT2D eigenvalue weighted by molar-refractivity contribution is 5.98. The number of guanidine groups is 1. The Kier molecular flexibility index (Phi) is 25.4. The third-order valence-electron chi connectivity index (χ3n) is 10.4. The van der Waals surface area contributed by atoms with Gasteiger partial charge in [0.25, 0.3) is 0 Å². The van der Waals surface area contributed by atoms with Gasteiger partial charge in [-0.2, -0.15) is 0 Å². The largest absolute Gasteiger partial charge is 0.481 e. The van der Waals surface area contributed by atoms with Crippen molar-refractivity contribution in [2.45, 2.75) is 153 Å². The number of hydrogen-bond acceptors (Lipinski definition) is 15. The first-order valence-electron chi connectivity index (χ1n) is 21.9. The lowest BCUT2D eigenvalue weighted by molar-refractivity contribution is -0.143. The smallest absolute Gasteiger partial charge is 0.326 e. The first kappa shape index (κ1) is 59.3. The maximum Gasteiger partial charge on any atom is 0.326 e. The first-order valence-corrected chi connectivity index (χ1v) is 21.9. The number of nitrogens with zero attached hydrogens (tertiary/aromatic N) is 2. The molecule has 10 atom stereocenters. The Hall–Kier alpha value is -6.68. The summed E-state index contributed by atoms with van der Waals surface area (Å²) < 4.78 is 0. The molecule has 384 valence electrons. The molecule has 0 spiro atoms. The van der Waals surface area contributed by atoms with Crippen molar-refractivity contribution in [3.8, 4) is 0 Å². The Morgan fingerprint density at radius 3 is 1.63 bits per heavy atom. The van der Waals surface area contributed by atoms with E-state index in [0.717, 1.165) is 13.8 Å². The molecule has 28 heteroatoms. The van der Waals surface area contributed by atoms with E-state index in [2.05, 4.69) is 42.2 Å². The number of carbonyl (C=O) groups is 11. The normalized spacial score (nSPS) is 17.2. The topological polar surface area (TPSA) is 467 Å². The van der Waals surface area contributed by atoms with E-state index in [1.165, 1.54) is 11.8 Å². The number of amides is 8. The predicted octanol–water partition coefficient (Wildman–Crippen LogP) is -5.97. The van der Waals surface area contributed by atoms with Gasteiger partial charge in [0, 0.05) is 25.9 Å². The molecule has 0 bridgehead atoms. The van der Waals surface area contributed by atoms with Gasteiger partial charge in [0.1, 0.15) is 48.3 Å². The number of nitrogens with one attached hydrogen (secondary N) is 7. The van der Waals surface area contributed by atoms with Crippen molar-refractivity contribution in [3.63, 3.8) is 0 Å². The third kappa shape index (κ3) is 20.9. The number of rotatable bonds is 30. The van der Waals surface area contributed by atoms with Crippen molar-refractivity contribution in [1.29, 1.82) is 0 Å². The van der Waals surface area contributed by atoms with Gasteiger partial charge in [0.05, 0.1) is 18.8 Å². The second-order valence-electron chi connectivity index (χ2n) is 16.7. The molecule has 8 amide bonds. The number of aliphatic carboxylic acids is 3. The molecule has 0 aromatic rings. The van der Waals surface area contributed by atoms with Gasteiger partial charge < -0.3 is 84.9 Å². The average molecular weight is 973 g/mol. The maximum absolute atomic E-state index is 13.6. The quantitative estimate of drug-likeness (QED) is 0.0181. The average Bonchev–Trinajstić information content (AvgIpc) is 3.75. The molecule has 1 aliphatic heterocycles. The number of likely N-dealkylation sites (tertiary alicyclic amines) is 1. The van der Waals surface area contributed by atoms with Crippen LogP contribution in [0.5, 0.6) is 0 Å². The lowest BCUT2D eigenvalue weighted by Crippen LogP contribution is -2.61. The standard InChI is InChI=1S/C40H68N12O16/c1-18(2)16-25(39(67)68)49-35(63)26(17-53)50-37(65)30(21(5)54)51-32(60)20(4)45-33(61)23(10-12-28(55)56)48-34(62)24(11-13-29(57)58)47-31(59)19(3)46-36(64)27-9-7-15-52(27)38(66)22(41)8-6-14-44-40(42)43/h18-27,30,53-54H,6-17,41H2,1-5H3,(H,45,61)(H,46,64)(H,47,59)(H,48,62)(H,49,63)(H,50,65)(H,51,60)(H,55,56)(H,57,58)(H,67,68)(H4,42,43,44)/t19-,20-,21+,22-,23-,24-,25-,26-,27-,30-/m0/s1. The lowest BCUT2D eigenvalue weighted by Gasteiger charge is -2.28. The molecule has 18 N–H and O–H groups in total. The minimum Gasteiger partial charge on any atom is -0.481 e. The number of carboxylic acids is 3. The molecule has 1 aliphatic rings. The van der Waals surface area contributed by atoms with Crippen LogP contribution in [-0.4, -0.2) is 182 Å². The fourth-order valence-electron chi connectivity index (χ4n) is 6.66. The Labute approximate surface area is 391 Å². The van der Waals surface area contributed by atoms with Crippen LogP contribution in [0.2, 0.25) is 0 Å². The van der Waals surface area contributed by atoms with Crippen LogP contribution in [0.25, 0.3) is 0 Å². The van der Waals surface area contributed by atoms with Crippen molar-refractivity contribution >= 4 is 71.1 Å². The predicted molar refractivity (Wildman–Crippen MR) is 237 cm³/mol. The second-order valence-corrected chi connectivity index (χ2v) is 16.7. The zero-order valence-corrected chi connectivity index (χ0v) is 38.7. The molecule has 1 heterocycles. The van der Waals surface area contributed by atoms with Gasteiger partial charge in [-0.1, -0.05) is 13.8 Å². The third-order valence-corrected chi connectivity index (χ3v) is 10.4. The number of aliphatic hydroxyl groups excluding tert-OH is 2.